The summed E-state index contributed by atoms with van der Waals surface area (Å²) in [4.78, 5) is 23.9. The first kappa shape index (κ1) is 16.1. The van der Waals surface area contributed by atoms with Gasteiger partial charge in [0.1, 0.15) is 16.9 Å². The van der Waals surface area contributed by atoms with Gasteiger partial charge in [-0.3, -0.25) is 4.79 Å². The number of benzene rings is 2. The van der Waals surface area contributed by atoms with Crippen molar-refractivity contribution in [3.8, 4) is 5.75 Å². The molecule has 0 aliphatic rings. The van der Waals surface area contributed by atoms with Gasteiger partial charge < -0.3 is 14.3 Å². The smallest absolute Gasteiger partial charge is 0.335 e. The Balaban J connectivity index is 2.21. The van der Waals surface area contributed by atoms with Gasteiger partial charge in [0.15, 0.2) is 0 Å². The SMILES string of the molecule is CCCCOc1cc(C)c2oc3ccc(C(=O)O)cc3c(=O)c2c1. The third kappa shape index (κ3) is 2.85. The summed E-state index contributed by atoms with van der Waals surface area (Å²) in [5, 5.41) is 9.76. The van der Waals surface area contributed by atoms with E-state index in [1.165, 1.54) is 18.2 Å². The molecular weight excluding hydrogens is 308 g/mol. The Kier molecular flexibility index (Phi) is 4.25. The van der Waals surface area contributed by atoms with E-state index in [1.54, 1.807) is 6.07 Å². The number of unbranched alkanes of at least 4 members (excludes halogenated alkanes) is 1. The standard InChI is InChI=1S/C19H18O5/c1-3-4-7-23-13-8-11(2)18-15(10-13)17(20)14-9-12(19(21)22)5-6-16(14)24-18/h5-6,8-10H,3-4,7H2,1-2H3,(H,21,22). The first-order chi connectivity index (χ1) is 11.5. The number of hydrogen-bond acceptors (Lipinski definition) is 4. The molecule has 3 rings (SSSR count). The van der Waals surface area contributed by atoms with E-state index in [1.807, 2.05) is 13.0 Å². The minimum atomic E-state index is -1.08. The zero-order valence-electron chi connectivity index (χ0n) is 13.6. The Hall–Kier alpha value is -2.82. The molecule has 0 bridgehead atoms. The molecule has 0 saturated heterocycles. The van der Waals surface area contributed by atoms with Crippen LogP contribution >= 0.6 is 0 Å². The van der Waals surface area contributed by atoms with Gasteiger partial charge in [-0.15, -0.1) is 0 Å². The van der Waals surface area contributed by atoms with E-state index in [2.05, 4.69) is 6.92 Å². The quantitative estimate of drug-likeness (QED) is 0.563. The summed E-state index contributed by atoms with van der Waals surface area (Å²) < 4.78 is 11.5. The van der Waals surface area contributed by atoms with E-state index < -0.39 is 5.97 Å². The van der Waals surface area contributed by atoms with Crippen molar-refractivity contribution in [2.24, 2.45) is 0 Å². The van der Waals surface area contributed by atoms with Crippen molar-refractivity contribution in [2.75, 3.05) is 6.61 Å². The molecule has 5 nitrogen and oxygen atoms in total. The molecule has 0 aliphatic carbocycles. The highest BCUT2D eigenvalue weighted by Crippen LogP contribution is 2.27. The monoisotopic (exact) mass is 326 g/mol. The van der Waals surface area contributed by atoms with Crippen molar-refractivity contribution in [2.45, 2.75) is 26.7 Å². The van der Waals surface area contributed by atoms with Crippen LogP contribution in [0.4, 0.5) is 0 Å². The number of fused-ring (bicyclic) bond motifs is 2. The van der Waals surface area contributed by atoms with Gasteiger partial charge >= 0.3 is 5.97 Å². The summed E-state index contributed by atoms with van der Waals surface area (Å²) in [6, 6.07) is 7.81. The van der Waals surface area contributed by atoms with Crippen molar-refractivity contribution < 1.29 is 19.1 Å². The maximum atomic E-state index is 12.8. The van der Waals surface area contributed by atoms with E-state index >= 15 is 0 Å². The van der Waals surface area contributed by atoms with E-state index in [9.17, 15) is 9.59 Å². The number of aryl methyl sites for hydroxylation is 1. The van der Waals surface area contributed by atoms with Crippen LogP contribution in [0.2, 0.25) is 0 Å². The van der Waals surface area contributed by atoms with Crippen molar-refractivity contribution in [3.05, 3.63) is 51.7 Å². The van der Waals surface area contributed by atoms with Crippen LogP contribution < -0.4 is 10.2 Å². The Morgan fingerprint density at radius 3 is 2.71 bits per heavy atom. The van der Waals surface area contributed by atoms with E-state index in [4.69, 9.17) is 14.3 Å². The van der Waals surface area contributed by atoms with E-state index in [0.717, 1.165) is 18.4 Å². The molecule has 124 valence electrons. The fraction of sp³-hybridized carbons (Fsp3) is 0.263. The number of carbonyl (C=O) groups is 1. The van der Waals surface area contributed by atoms with E-state index in [-0.39, 0.29) is 16.4 Å². The number of aromatic carboxylic acids is 1. The number of ether oxygens (including phenoxy) is 1. The van der Waals surface area contributed by atoms with Crippen LogP contribution in [-0.2, 0) is 0 Å². The summed E-state index contributed by atoms with van der Waals surface area (Å²) in [5.74, 6) is -0.460. The molecule has 0 unspecified atom stereocenters. The molecule has 0 radical (unpaired) electrons. The minimum Gasteiger partial charge on any atom is -0.494 e. The summed E-state index contributed by atoms with van der Waals surface area (Å²) in [7, 11) is 0. The largest absolute Gasteiger partial charge is 0.494 e. The number of hydrogen-bond donors (Lipinski definition) is 1. The van der Waals surface area contributed by atoms with Gasteiger partial charge in [-0.1, -0.05) is 13.3 Å². The summed E-state index contributed by atoms with van der Waals surface area (Å²) >= 11 is 0. The molecule has 0 atom stereocenters. The Labute approximate surface area is 138 Å². The average Bonchev–Trinajstić information content (AvgIpc) is 2.56. The lowest BCUT2D eigenvalue weighted by molar-refractivity contribution is 0.0697. The lowest BCUT2D eigenvalue weighted by Gasteiger charge is -2.09. The Morgan fingerprint density at radius 2 is 2.00 bits per heavy atom. The second-order valence-corrected chi connectivity index (χ2v) is 5.77. The van der Waals surface area contributed by atoms with Gasteiger partial charge in [0, 0.05) is 0 Å². The van der Waals surface area contributed by atoms with Crippen LogP contribution in [0.15, 0.2) is 39.5 Å². The van der Waals surface area contributed by atoms with Crippen LogP contribution in [0.1, 0.15) is 35.7 Å². The third-order valence-electron chi connectivity index (χ3n) is 3.94. The predicted octanol–water partition coefficient (Wildman–Crippen LogP) is 4.13. The normalized spacial score (nSPS) is 11.1. The molecule has 1 aromatic heterocycles. The van der Waals surface area contributed by atoms with Gasteiger partial charge in [0.2, 0.25) is 5.43 Å². The highest BCUT2D eigenvalue weighted by molar-refractivity contribution is 5.96. The van der Waals surface area contributed by atoms with Crippen LogP contribution in [0, 0.1) is 6.92 Å². The fourth-order valence-electron chi connectivity index (χ4n) is 2.65. The molecule has 1 N–H and O–H groups in total. The van der Waals surface area contributed by atoms with Crippen LogP contribution in [-0.4, -0.2) is 17.7 Å². The van der Waals surface area contributed by atoms with Crippen LogP contribution in [0.25, 0.3) is 21.9 Å². The van der Waals surface area contributed by atoms with E-state index in [0.29, 0.717) is 28.9 Å². The Morgan fingerprint density at radius 1 is 1.21 bits per heavy atom. The molecule has 0 saturated carbocycles. The van der Waals surface area contributed by atoms with Crippen molar-refractivity contribution in [3.63, 3.8) is 0 Å². The van der Waals surface area contributed by atoms with Crippen LogP contribution in [0.3, 0.4) is 0 Å². The summed E-state index contributed by atoms with van der Waals surface area (Å²) in [6.45, 7) is 4.52. The summed E-state index contributed by atoms with van der Waals surface area (Å²) in [5.41, 5.74) is 1.48. The maximum absolute atomic E-state index is 12.8. The fourth-order valence-corrected chi connectivity index (χ4v) is 2.65. The lowest BCUT2D eigenvalue weighted by atomic mass is 10.1. The zero-order chi connectivity index (χ0) is 17.3. The predicted molar refractivity (Wildman–Crippen MR) is 92.1 cm³/mol. The molecule has 2 aromatic carbocycles. The van der Waals surface area contributed by atoms with Gasteiger partial charge in [-0.25, -0.2) is 4.79 Å². The van der Waals surface area contributed by atoms with Gasteiger partial charge in [-0.05, 0) is 49.2 Å². The molecule has 5 heteroatoms. The average molecular weight is 326 g/mol. The van der Waals surface area contributed by atoms with Gasteiger partial charge in [-0.2, -0.15) is 0 Å². The molecule has 24 heavy (non-hydrogen) atoms. The Bertz CT molecular complexity index is 984. The van der Waals surface area contributed by atoms with Crippen molar-refractivity contribution in [1.29, 1.82) is 0 Å². The van der Waals surface area contributed by atoms with Gasteiger partial charge in [0.05, 0.1) is 22.9 Å². The first-order valence-electron chi connectivity index (χ1n) is 7.88. The number of carboxylic acid groups (broad SMARTS) is 1. The highest BCUT2D eigenvalue weighted by Gasteiger charge is 2.13. The molecular formula is C19H18O5. The van der Waals surface area contributed by atoms with Crippen LogP contribution in [0.5, 0.6) is 5.75 Å². The molecule has 1 heterocycles. The molecule has 0 aliphatic heterocycles. The molecule has 0 spiro atoms. The first-order valence-corrected chi connectivity index (χ1v) is 7.88. The minimum absolute atomic E-state index is 0.0567. The number of rotatable bonds is 5. The molecule has 3 aromatic rings. The molecule has 0 fully saturated rings. The second-order valence-electron chi connectivity index (χ2n) is 5.77. The highest BCUT2D eigenvalue weighted by atomic mass is 16.5. The van der Waals surface area contributed by atoms with Gasteiger partial charge in [0.25, 0.3) is 0 Å². The lowest BCUT2D eigenvalue weighted by Crippen LogP contribution is -2.06. The number of carboxylic acids is 1. The van der Waals surface area contributed by atoms with Crippen molar-refractivity contribution >= 4 is 27.9 Å². The molecule has 0 amide bonds. The zero-order valence-corrected chi connectivity index (χ0v) is 13.6. The topological polar surface area (TPSA) is 76.7 Å². The van der Waals surface area contributed by atoms with Crippen molar-refractivity contribution in [1.82, 2.24) is 0 Å². The third-order valence-corrected chi connectivity index (χ3v) is 3.94. The maximum Gasteiger partial charge on any atom is 0.335 e. The second kappa shape index (κ2) is 6.35. The summed E-state index contributed by atoms with van der Waals surface area (Å²) in [6.07, 6.45) is 1.96.